The van der Waals surface area contributed by atoms with E-state index in [-0.39, 0.29) is 5.91 Å². The fourth-order valence-electron chi connectivity index (χ4n) is 4.00. The van der Waals surface area contributed by atoms with Gasteiger partial charge in [-0.15, -0.1) is 11.8 Å². The van der Waals surface area contributed by atoms with Crippen LogP contribution in [0, 0.1) is 13.8 Å². The summed E-state index contributed by atoms with van der Waals surface area (Å²) in [4.78, 5) is 12.1. The molecular weight excluding hydrogens is 364 g/mol. The van der Waals surface area contributed by atoms with Gasteiger partial charge in [0, 0.05) is 11.3 Å². The Labute approximate surface area is 170 Å². The highest BCUT2D eigenvalue weighted by Gasteiger charge is 2.14. The fourth-order valence-corrected chi connectivity index (χ4v) is 4.76. The lowest BCUT2D eigenvalue weighted by Crippen LogP contribution is -2.19. The summed E-state index contributed by atoms with van der Waals surface area (Å²) in [7, 11) is 0. The molecule has 142 valence electrons. The third-order valence-corrected chi connectivity index (χ3v) is 6.09. The maximum absolute atomic E-state index is 12.1. The van der Waals surface area contributed by atoms with Crippen LogP contribution in [0.1, 0.15) is 33.4 Å². The van der Waals surface area contributed by atoms with Gasteiger partial charge in [-0.3, -0.25) is 4.79 Å². The van der Waals surface area contributed by atoms with E-state index in [0.717, 1.165) is 24.2 Å². The summed E-state index contributed by atoms with van der Waals surface area (Å²) in [6, 6.07) is 17.2. The summed E-state index contributed by atoms with van der Waals surface area (Å²) in [6.07, 6.45) is 3.98. The molecular formula is C24H24N2OS. The first-order chi connectivity index (χ1) is 13.6. The zero-order valence-corrected chi connectivity index (χ0v) is 17.1. The van der Waals surface area contributed by atoms with Crippen LogP contribution in [0.4, 0.5) is 0 Å². The van der Waals surface area contributed by atoms with E-state index in [1.54, 1.807) is 18.0 Å². The molecule has 0 atom stereocenters. The van der Waals surface area contributed by atoms with Crippen molar-refractivity contribution >= 4 is 34.7 Å². The molecule has 0 saturated carbocycles. The van der Waals surface area contributed by atoms with Crippen LogP contribution in [-0.4, -0.2) is 17.9 Å². The first-order valence-corrected chi connectivity index (χ1v) is 10.8. The number of benzene rings is 3. The van der Waals surface area contributed by atoms with E-state index in [9.17, 15) is 4.79 Å². The Bertz CT molecular complexity index is 1040. The monoisotopic (exact) mass is 388 g/mol. The molecule has 3 nitrogen and oxygen atoms in total. The molecule has 0 spiro atoms. The van der Waals surface area contributed by atoms with Crippen LogP contribution in [0.25, 0.3) is 10.8 Å². The molecule has 3 aromatic carbocycles. The Balaban J connectivity index is 1.34. The van der Waals surface area contributed by atoms with Gasteiger partial charge in [-0.25, -0.2) is 5.43 Å². The van der Waals surface area contributed by atoms with Gasteiger partial charge in [-0.05, 0) is 54.2 Å². The van der Waals surface area contributed by atoms with Gasteiger partial charge in [0.15, 0.2) is 0 Å². The van der Waals surface area contributed by atoms with Crippen molar-refractivity contribution < 1.29 is 4.79 Å². The van der Waals surface area contributed by atoms with E-state index in [0.29, 0.717) is 5.75 Å². The van der Waals surface area contributed by atoms with Crippen LogP contribution >= 0.6 is 11.8 Å². The molecule has 1 aliphatic carbocycles. The predicted molar refractivity (Wildman–Crippen MR) is 119 cm³/mol. The smallest absolute Gasteiger partial charge is 0.250 e. The van der Waals surface area contributed by atoms with Gasteiger partial charge in [0.2, 0.25) is 5.91 Å². The molecule has 1 N–H and O–H groups in total. The van der Waals surface area contributed by atoms with Crippen molar-refractivity contribution in [2.75, 3.05) is 5.75 Å². The number of thioether (sulfide) groups is 1. The van der Waals surface area contributed by atoms with E-state index >= 15 is 0 Å². The lowest BCUT2D eigenvalue weighted by atomic mass is 10.0. The molecule has 4 heteroatoms. The Hall–Kier alpha value is -2.59. The number of nitrogens with one attached hydrogen (secondary N) is 1. The number of hydrogen-bond donors (Lipinski definition) is 1. The molecule has 1 aliphatic rings. The fraction of sp³-hybridized carbons (Fsp3) is 0.250. The van der Waals surface area contributed by atoms with E-state index in [1.165, 1.54) is 38.6 Å². The van der Waals surface area contributed by atoms with Crippen molar-refractivity contribution in [2.45, 2.75) is 32.4 Å². The molecule has 3 aromatic rings. The Morgan fingerprint density at radius 1 is 1.07 bits per heavy atom. The Morgan fingerprint density at radius 3 is 2.61 bits per heavy atom. The lowest BCUT2D eigenvalue weighted by molar-refractivity contribution is -0.118. The number of hydrogen-bond acceptors (Lipinski definition) is 3. The largest absolute Gasteiger partial charge is 0.272 e. The molecule has 0 radical (unpaired) electrons. The topological polar surface area (TPSA) is 41.5 Å². The highest BCUT2D eigenvalue weighted by Crippen LogP contribution is 2.32. The zero-order chi connectivity index (χ0) is 19.5. The molecule has 0 aromatic heterocycles. The van der Waals surface area contributed by atoms with Gasteiger partial charge in [0.05, 0.1) is 12.0 Å². The second kappa shape index (κ2) is 8.19. The molecule has 28 heavy (non-hydrogen) atoms. The van der Waals surface area contributed by atoms with Crippen molar-refractivity contribution in [3.63, 3.8) is 0 Å². The summed E-state index contributed by atoms with van der Waals surface area (Å²) in [6.45, 7) is 4.20. The van der Waals surface area contributed by atoms with Crippen LogP contribution in [-0.2, 0) is 23.4 Å². The minimum absolute atomic E-state index is 0.0726. The molecule has 0 saturated heterocycles. The quantitative estimate of drug-likeness (QED) is 0.480. The normalized spacial score (nSPS) is 12.8. The van der Waals surface area contributed by atoms with Crippen LogP contribution in [0.3, 0.4) is 0 Å². The maximum Gasteiger partial charge on any atom is 0.250 e. The second-order valence-corrected chi connectivity index (χ2v) is 8.42. The third-order valence-electron chi connectivity index (χ3n) is 5.09. The minimum atomic E-state index is -0.0726. The van der Waals surface area contributed by atoms with E-state index in [4.69, 9.17) is 0 Å². The summed E-state index contributed by atoms with van der Waals surface area (Å²) >= 11 is 1.61. The number of carbonyl (C=O) groups is 1. The van der Waals surface area contributed by atoms with Crippen LogP contribution in [0.15, 0.2) is 53.6 Å². The summed E-state index contributed by atoms with van der Waals surface area (Å²) in [5.41, 5.74) is 10.3. The summed E-state index contributed by atoms with van der Waals surface area (Å²) in [5, 5.41) is 6.77. The van der Waals surface area contributed by atoms with Gasteiger partial charge in [-0.1, -0.05) is 59.7 Å². The van der Waals surface area contributed by atoms with Crippen LogP contribution < -0.4 is 5.43 Å². The Kier molecular flexibility index (Phi) is 5.49. The molecule has 4 rings (SSSR count). The van der Waals surface area contributed by atoms with E-state index in [2.05, 4.69) is 72.9 Å². The molecule has 0 bridgehead atoms. The van der Waals surface area contributed by atoms with Gasteiger partial charge in [0.25, 0.3) is 0 Å². The number of amides is 1. The molecule has 0 heterocycles. The first-order valence-electron chi connectivity index (χ1n) is 9.60. The van der Waals surface area contributed by atoms with Gasteiger partial charge >= 0.3 is 0 Å². The minimum Gasteiger partial charge on any atom is -0.272 e. The van der Waals surface area contributed by atoms with Crippen molar-refractivity contribution in [3.05, 3.63) is 81.9 Å². The summed E-state index contributed by atoms with van der Waals surface area (Å²) in [5.74, 6) is 1.15. The molecule has 0 aliphatic heterocycles. The first kappa shape index (κ1) is 18.8. The number of hydrazone groups is 1. The molecule has 0 unspecified atom stereocenters. The third kappa shape index (κ3) is 4.12. The SMILES string of the molecule is Cc1cc(C)cc(CSCC(=O)N/N=C/c2ccc3c4c(cccc24)CC3)c1. The van der Waals surface area contributed by atoms with Crippen LogP contribution in [0.2, 0.25) is 0 Å². The van der Waals surface area contributed by atoms with Crippen molar-refractivity contribution in [1.82, 2.24) is 5.43 Å². The number of aryl methyl sites for hydroxylation is 4. The van der Waals surface area contributed by atoms with Gasteiger partial charge in [0.1, 0.15) is 0 Å². The summed E-state index contributed by atoms with van der Waals surface area (Å²) < 4.78 is 0. The van der Waals surface area contributed by atoms with Crippen molar-refractivity contribution in [3.8, 4) is 0 Å². The van der Waals surface area contributed by atoms with Crippen LogP contribution in [0.5, 0.6) is 0 Å². The van der Waals surface area contributed by atoms with Gasteiger partial charge in [-0.2, -0.15) is 5.10 Å². The average molecular weight is 389 g/mol. The highest BCUT2D eigenvalue weighted by atomic mass is 32.2. The highest BCUT2D eigenvalue weighted by molar-refractivity contribution is 7.99. The van der Waals surface area contributed by atoms with E-state index in [1.807, 2.05) is 0 Å². The standard InChI is InChI=1S/C24H24N2OS/c1-16-10-17(2)12-18(11-16)14-28-15-23(27)26-25-13-21-9-8-20-7-6-19-4-3-5-22(21)24(19)20/h3-5,8-13H,6-7,14-15H2,1-2H3,(H,26,27)/b25-13+. The second-order valence-electron chi connectivity index (χ2n) is 7.44. The van der Waals surface area contributed by atoms with Crippen molar-refractivity contribution in [1.29, 1.82) is 0 Å². The number of nitrogens with zero attached hydrogens (tertiary/aromatic N) is 1. The predicted octanol–water partition coefficient (Wildman–Crippen LogP) is 4.94. The average Bonchev–Trinajstić information content (AvgIpc) is 3.08. The molecule has 0 fully saturated rings. The zero-order valence-electron chi connectivity index (χ0n) is 16.3. The van der Waals surface area contributed by atoms with E-state index < -0.39 is 0 Å². The molecule has 1 amide bonds. The Morgan fingerprint density at radius 2 is 1.82 bits per heavy atom. The van der Waals surface area contributed by atoms with Gasteiger partial charge < -0.3 is 0 Å². The number of carbonyl (C=O) groups excluding carboxylic acids is 1. The maximum atomic E-state index is 12.1. The number of rotatable bonds is 6. The lowest BCUT2D eigenvalue weighted by Gasteiger charge is -2.06. The van der Waals surface area contributed by atoms with Crippen molar-refractivity contribution in [2.24, 2.45) is 5.10 Å².